The first-order valence-corrected chi connectivity index (χ1v) is 12.3. The predicted molar refractivity (Wildman–Crippen MR) is 148 cm³/mol. The van der Waals surface area contributed by atoms with E-state index in [0.717, 1.165) is 11.1 Å². The summed E-state index contributed by atoms with van der Waals surface area (Å²) in [4.78, 5) is 25.9. The molecule has 5 rings (SSSR count). The molecular formula is C33H26O5. The largest absolute Gasteiger partial charge is 0.489 e. The minimum absolute atomic E-state index is 0.133. The van der Waals surface area contributed by atoms with E-state index in [1.807, 2.05) is 61.5 Å². The molecule has 0 aliphatic carbocycles. The van der Waals surface area contributed by atoms with Gasteiger partial charge in [-0.05, 0) is 55.8 Å². The minimum atomic E-state index is -0.549. The molecule has 0 N–H and O–H groups in total. The van der Waals surface area contributed by atoms with Crippen LogP contribution in [0.4, 0.5) is 0 Å². The summed E-state index contributed by atoms with van der Waals surface area (Å²) < 4.78 is 17.6. The number of rotatable bonds is 8. The number of esters is 1. The van der Waals surface area contributed by atoms with Crippen molar-refractivity contribution in [1.82, 2.24) is 0 Å². The molecule has 0 fully saturated rings. The maximum absolute atomic E-state index is 13.3. The third kappa shape index (κ3) is 5.57. The number of ketones is 1. The number of benzene rings is 4. The average Bonchev–Trinajstić information content (AvgIpc) is 3.27. The van der Waals surface area contributed by atoms with Crippen LogP contribution in [0.1, 0.15) is 43.2 Å². The van der Waals surface area contributed by atoms with Crippen molar-refractivity contribution in [3.63, 3.8) is 0 Å². The van der Waals surface area contributed by atoms with Gasteiger partial charge in [-0.15, -0.1) is 0 Å². The number of hydrogen-bond donors (Lipinski definition) is 0. The zero-order valence-corrected chi connectivity index (χ0v) is 21.1. The SMILES string of the molecule is Cc1ccc(C(=O)C=Cc2ccccc2OC(=O)c2c(C)oc3ccc(OCc4ccccc4)cc23)cc1. The number of aryl methyl sites for hydroxylation is 2. The van der Waals surface area contributed by atoms with Crippen LogP contribution in [-0.2, 0) is 6.61 Å². The van der Waals surface area contributed by atoms with Crippen LogP contribution in [0.5, 0.6) is 11.5 Å². The summed E-state index contributed by atoms with van der Waals surface area (Å²) in [7, 11) is 0. The lowest BCUT2D eigenvalue weighted by Crippen LogP contribution is -2.10. The molecule has 0 atom stereocenters. The third-order valence-electron chi connectivity index (χ3n) is 6.16. The van der Waals surface area contributed by atoms with Crippen LogP contribution in [0.15, 0.2) is 108 Å². The van der Waals surface area contributed by atoms with Crippen molar-refractivity contribution in [1.29, 1.82) is 0 Å². The number of fused-ring (bicyclic) bond motifs is 1. The van der Waals surface area contributed by atoms with Crippen LogP contribution < -0.4 is 9.47 Å². The van der Waals surface area contributed by atoms with Gasteiger partial charge in [-0.25, -0.2) is 4.79 Å². The van der Waals surface area contributed by atoms with Crippen LogP contribution >= 0.6 is 0 Å². The first-order valence-electron chi connectivity index (χ1n) is 12.3. The summed E-state index contributed by atoms with van der Waals surface area (Å²) in [6.07, 6.45) is 3.13. The summed E-state index contributed by atoms with van der Waals surface area (Å²) >= 11 is 0. The van der Waals surface area contributed by atoms with Crippen LogP contribution in [-0.4, -0.2) is 11.8 Å². The van der Waals surface area contributed by atoms with Crippen molar-refractivity contribution >= 4 is 28.8 Å². The highest BCUT2D eigenvalue weighted by atomic mass is 16.5. The fourth-order valence-electron chi connectivity index (χ4n) is 4.13. The molecular weight excluding hydrogens is 476 g/mol. The van der Waals surface area contributed by atoms with E-state index in [1.165, 1.54) is 6.08 Å². The zero-order chi connectivity index (χ0) is 26.5. The molecule has 0 spiro atoms. The Kier molecular flexibility index (Phi) is 7.18. The van der Waals surface area contributed by atoms with Gasteiger partial charge in [-0.1, -0.05) is 78.4 Å². The Balaban J connectivity index is 1.36. The molecule has 188 valence electrons. The third-order valence-corrected chi connectivity index (χ3v) is 6.16. The van der Waals surface area contributed by atoms with E-state index in [-0.39, 0.29) is 5.78 Å². The summed E-state index contributed by atoms with van der Waals surface area (Å²) in [6, 6.07) is 29.7. The van der Waals surface area contributed by atoms with Crippen LogP contribution in [0, 0.1) is 13.8 Å². The second kappa shape index (κ2) is 11.0. The number of carbonyl (C=O) groups is 2. The molecule has 4 aromatic carbocycles. The summed E-state index contributed by atoms with van der Waals surface area (Å²) in [5.41, 5.74) is 4.23. The van der Waals surface area contributed by atoms with E-state index in [4.69, 9.17) is 13.9 Å². The molecule has 0 saturated heterocycles. The molecule has 5 heteroatoms. The molecule has 1 heterocycles. The molecule has 0 radical (unpaired) electrons. The molecule has 5 nitrogen and oxygen atoms in total. The van der Waals surface area contributed by atoms with E-state index in [9.17, 15) is 9.59 Å². The summed E-state index contributed by atoms with van der Waals surface area (Å²) in [5.74, 6) is 0.732. The van der Waals surface area contributed by atoms with Crippen LogP contribution in [0.3, 0.4) is 0 Å². The number of allylic oxidation sites excluding steroid dienone is 1. The fourth-order valence-corrected chi connectivity index (χ4v) is 4.13. The molecule has 0 unspecified atom stereocenters. The fraction of sp³-hybridized carbons (Fsp3) is 0.0909. The highest BCUT2D eigenvalue weighted by Crippen LogP contribution is 2.31. The van der Waals surface area contributed by atoms with Gasteiger partial charge in [0.25, 0.3) is 0 Å². The van der Waals surface area contributed by atoms with Gasteiger partial charge in [0.15, 0.2) is 5.78 Å². The highest BCUT2D eigenvalue weighted by Gasteiger charge is 2.21. The molecule has 5 aromatic rings. The standard InChI is InChI=1S/C33H26O5/c1-22-12-14-25(15-13-22)29(34)18-16-26-10-6-7-11-30(26)38-33(35)32-23(2)37-31-19-17-27(20-28(31)32)36-21-24-8-4-3-5-9-24/h3-20H,21H2,1-2H3. The lowest BCUT2D eigenvalue weighted by Gasteiger charge is -2.08. The first kappa shape index (κ1) is 24.8. The maximum Gasteiger partial charge on any atom is 0.347 e. The van der Waals surface area contributed by atoms with E-state index in [0.29, 0.717) is 51.5 Å². The lowest BCUT2D eigenvalue weighted by molar-refractivity contribution is 0.0734. The van der Waals surface area contributed by atoms with Gasteiger partial charge in [0.2, 0.25) is 0 Å². The molecule has 0 amide bonds. The molecule has 0 saturated carbocycles. The van der Waals surface area contributed by atoms with Crippen LogP contribution in [0.2, 0.25) is 0 Å². The molecule has 1 aromatic heterocycles. The van der Waals surface area contributed by atoms with Crippen molar-refractivity contribution in [3.8, 4) is 11.5 Å². The molecule has 0 bridgehead atoms. The average molecular weight is 503 g/mol. The van der Waals surface area contributed by atoms with Gasteiger partial charge in [-0.3, -0.25) is 4.79 Å². The molecule has 0 aliphatic heterocycles. The van der Waals surface area contributed by atoms with Crippen molar-refractivity contribution in [2.75, 3.05) is 0 Å². The first-order chi connectivity index (χ1) is 18.5. The van der Waals surface area contributed by atoms with E-state index < -0.39 is 5.97 Å². The maximum atomic E-state index is 13.3. The second-order valence-corrected chi connectivity index (χ2v) is 8.96. The Morgan fingerprint density at radius 3 is 2.37 bits per heavy atom. The topological polar surface area (TPSA) is 65.7 Å². The number of furan rings is 1. The van der Waals surface area contributed by atoms with Crippen molar-refractivity contribution < 1.29 is 23.5 Å². The number of hydrogen-bond acceptors (Lipinski definition) is 5. The Hall–Kier alpha value is -4.90. The van der Waals surface area contributed by atoms with Gasteiger partial charge >= 0.3 is 5.97 Å². The zero-order valence-electron chi connectivity index (χ0n) is 21.1. The van der Waals surface area contributed by atoms with Crippen LogP contribution in [0.25, 0.3) is 17.0 Å². The Morgan fingerprint density at radius 2 is 1.58 bits per heavy atom. The van der Waals surface area contributed by atoms with Gasteiger partial charge in [0.1, 0.15) is 35.0 Å². The van der Waals surface area contributed by atoms with Crippen molar-refractivity contribution in [3.05, 3.63) is 137 Å². The number of carbonyl (C=O) groups excluding carboxylic acids is 2. The molecule has 0 aliphatic rings. The van der Waals surface area contributed by atoms with Gasteiger partial charge in [-0.2, -0.15) is 0 Å². The normalized spacial score (nSPS) is 11.1. The lowest BCUT2D eigenvalue weighted by atomic mass is 10.1. The van der Waals surface area contributed by atoms with Crippen molar-refractivity contribution in [2.45, 2.75) is 20.5 Å². The van der Waals surface area contributed by atoms with E-state index >= 15 is 0 Å². The molecule has 38 heavy (non-hydrogen) atoms. The monoisotopic (exact) mass is 502 g/mol. The van der Waals surface area contributed by atoms with Gasteiger partial charge < -0.3 is 13.9 Å². The summed E-state index contributed by atoms with van der Waals surface area (Å²) in [6.45, 7) is 4.11. The number of ether oxygens (including phenoxy) is 2. The van der Waals surface area contributed by atoms with Crippen molar-refractivity contribution in [2.24, 2.45) is 0 Å². The Morgan fingerprint density at radius 1 is 0.842 bits per heavy atom. The smallest absolute Gasteiger partial charge is 0.347 e. The quantitative estimate of drug-likeness (QED) is 0.0939. The predicted octanol–water partition coefficient (Wildman–Crippen LogP) is 7.74. The van der Waals surface area contributed by atoms with E-state index in [1.54, 1.807) is 55.5 Å². The minimum Gasteiger partial charge on any atom is -0.489 e. The highest BCUT2D eigenvalue weighted by molar-refractivity contribution is 6.07. The van der Waals surface area contributed by atoms with E-state index in [2.05, 4.69) is 0 Å². The Bertz CT molecular complexity index is 1630. The summed E-state index contributed by atoms with van der Waals surface area (Å²) in [5, 5.41) is 0.612. The Labute approximate surface area is 220 Å². The number of para-hydroxylation sites is 1. The van der Waals surface area contributed by atoms with Gasteiger partial charge in [0, 0.05) is 16.5 Å². The second-order valence-electron chi connectivity index (χ2n) is 8.96. The van der Waals surface area contributed by atoms with Gasteiger partial charge in [0.05, 0.1) is 0 Å².